The van der Waals surface area contributed by atoms with Gasteiger partial charge in [0.05, 0.1) is 11.4 Å². The van der Waals surface area contributed by atoms with Crippen LogP contribution in [0.15, 0.2) is 42.7 Å². The lowest BCUT2D eigenvalue weighted by Crippen LogP contribution is -2.07. The van der Waals surface area contributed by atoms with E-state index in [-0.39, 0.29) is 5.82 Å². The second-order valence-electron chi connectivity index (χ2n) is 3.76. The zero-order chi connectivity index (χ0) is 12.1. The number of rotatable bonds is 4. The highest BCUT2D eigenvalue weighted by molar-refractivity contribution is 5.65. The molecule has 2 aromatic rings. The van der Waals surface area contributed by atoms with E-state index in [0.29, 0.717) is 5.69 Å². The first-order chi connectivity index (χ1) is 8.25. The molecular weight excluding hydrogens is 217 g/mol. The van der Waals surface area contributed by atoms with Crippen LogP contribution in [-0.4, -0.2) is 11.5 Å². The summed E-state index contributed by atoms with van der Waals surface area (Å²) in [4.78, 5) is 3.95. The van der Waals surface area contributed by atoms with Crippen molar-refractivity contribution < 1.29 is 4.39 Å². The standard InChI is InChI=1S/C13H14FN3/c14-11-1-2-13(12(15)9-11)17-8-5-10-3-6-16-7-4-10/h1-4,6-7,9,17H,5,8,15H2. The zero-order valence-electron chi connectivity index (χ0n) is 9.36. The number of aromatic nitrogens is 1. The predicted octanol–water partition coefficient (Wildman–Crippen LogP) is 2.46. The van der Waals surface area contributed by atoms with E-state index in [2.05, 4.69) is 10.3 Å². The van der Waals surface area contributed by atoms with Gasteiger partial charge < -0.3 is 11.1 Å². The molecule has 0 saturated carbocycles. The molecule has 1 heterocycles. The van der Waals surface area contributed by atoms with Gasteiger partial charge in [-0.25, -0.2) is 4.39 Å². The van der Waals surface area contributed by atoms with E-state index in [1.807, 2.05) is 12.1 Å². The Labute approximate surface area is 99.5 Å². The minimum absolute atomic E-state index is 0.317. The number of nitrogen functional groups attached to an aromatic ring is 1. The number of halogens is 1. The van der Waals surface area contributed by atoms with Crippen molar-refractivity contribution in [2.75, 3.05) is 17.6 Å². The fraction of sp³-hybridized carbons (Fsp3) is 0.154. The van der Waals surface area contributed by atoms with Crippen LogP contribution >= 0.6 is 0 Å². The number of anilines is 2. The molecule has 0 spiro atoms. The monoisotopic (exact) mass is 231 g/mol. The fourth-order valence-corrected chi connectivity index (χ4v) is 1.59. The van der Waals surface area contributed by atoms with Crippen molar-refractivity contribution in [3.63, 3.8) is 0 Å². The Kier molecular flexibility index (Phi) is 3.55. The molecule has 0 atom stereocenters. The number of hydrogen-bond acceptors (Lipinski definition) is 3. The van der Waals surface area contributed by atoms with Gasteiger partial charge >= 0.3 is 0 Å². The van der Waals surface area contributed by atoms with Crippen LogP contribution < -0.4 is 11.1 Å². The highest BCUT2D eigenvalue weighted by atomic mass is 19.1. The highest BCUT2D eigenvalue weighted by Gasteiger charge is 2.00. The molecule has 0 radical (unpaired) electrons. The fourth-order valence-electron chi connectivity index (χ4n) is 1.59. The molecule has 0 aliphatic heterocycles. The first-order valence-corrected chi connectivity index (χ1v) is 5.43. The number of benzene rings is 1. The Morgan fingerprint density at radius 3 is 2.65 bits per heavy atom. The molecule has 3 N–H and O–H groups in total. The maximum atomic E-state index is 12.8. The highest BCUT2D eigenvalue weighted by Crippen LogP contribution is 2.18. The number of nitrogens with one attached hydrogen (secondary N) is 1. The van der Waals surface area contributed by atoms with Crippen LogP contribution in [0.25, 0.3) is 0 Å². The quantitative estimate of drug-likeness (QED) is 0.795. The largest absolute Gasteiger partial charge is 0.397 e. The van der Waals surface area contributed by atoms with E-state index in [9.17, 15) is 4.39 Å². The number of pyridine rings is 1. The van der Waals surface area contributed by atoms with E-state index in [0.717, 1.165) is 18.7 Å². The van der Waals surface area contributed by atoms with Crippen molar-refractivity contribution in [2.45, 2.75) is 6.42 Å². The smallest absolute Gasteiger partial charge is 0.125 e. The van der Waals surface area contributed by atoms with Gasteiger partial charge in [0.15, 0.2) is 0 Å². The minimum atomic E-state index is -0.317. The molecule has 0 aliphatic carbocycles. The van der Waals surface area contributed by atoms with E-state index in [4.69, 9.17) is 5.73 Å². The first-order valence-electron chi connectivity index (χ1n) is 5.43. The molecule has 0 unspecified atom stereocenters. The van der Waals surface area contributed by atoms with Crippen LogP contribution in [0.5, 0.6) is 0 Å². The normalized spacial score (nSPS) is 10.2. The van der Waals surface area contributed by atoms with Crippen LogP contribution in [0.1, 0.15) is 5.56 Å². The van der Waals surface area contributed by atoms with Crippen LogP contribution in [-0.2, 0) is 6.42 Å². The van der Waals surface area contributed by atoms with Crippen LogP contribution in [0.2, 0.25) is 0 Å². The van der Waals surface area contributed by atoms with Crippen molar-refractivity contribution in [3.05, 3.63) is 54.1 Å². The molecule has 1 aromatic carbocycles. The van der Waals surface area contributed by atoms with Gasteiger partial charge in [-0.2, -0.15) is 0 Å². The summed E-state index contributed by atoms with van der Waals surface area (Å²) < 4.78 is 12.8. The van der Waals surface area contributed by atoms with Crippen LogP contribution in [0, 0.1) is 5.82 Å². The Morgan fingerprint density at radius 2 is 1.94 bits per heavy atom. The maximum absolute atomic E-state index is 12.8. The summed E-state index contributed by atoms with van der Waals surface area (Å²) in [7, 11) is 0. The molecule has 0 bridgehead atoms. The number of nitrogens with two attached hydrogens (primary N) is 1. The molecule has 0 aliphatic rings. The molecule has 0 fully saturated rings. The van der Waals surface area contributed by atoms with Gasteiger partial charge in [-0.3, -0.25) is 4.98 Å². The van der Waals surface area contributed by atoms with Gasteiger partial charge in [-0.1, -0.05) is 0 Å². The number of nitrogens with zero attached hydrogens (tertiary/aromatic N) is 1. The van der Waals surface area contributed by atoms with Crippen molar-refractivity contribution >= 4 is 11.4 Å². The molecule has 17 heavy (non-hydrogen) atoms. The summed E-state index contributed by atoms with van der Waals surface area (Å²) in [6.07, 6.45) is 4.41. The third-order valence-electron chi connectivity index (χ3n) is 2.49. The summed E-state index contributed by atoms with van der Waals surface area (Å²) in [6, 6.07) is 8.29. The zero-order valence-corrected chi connectivity index (χ0v) is 9.36. The van der Waals surface area contributed by atoms with Crippen LogP contribution in [0.3, 0.4) is 0 Å². The van der Waals surface area contributed by atoms with Crippen molar-refractivity contribution in [1.82, 2.24) is 4.98 Å². The Balaban J connectivity index is 1.90. The van der Waals surface area contributed by atoms with Gasteiger partial charge in [0, 0.05) is 18.9 Å². The SMILES string of the molecule is Nc1cc(F)ccc1NCCc1ccncc1. The van der Waals surface area contributed by atoms with E-state index in [1.54, 1.807) is 18.5 Å². The van der Waals surface area contributed by atoms with Gasteiger partial charge in [0.2, 0.25) is 0 Å². The molecule has 2 rings (SSSR count). The molecule has 88 valence electrons. The summed E-state index contributed by atoms with van der Waals surface area (Å²) in [5.41, 5.74) is 8.08. The molecule has 0 amide bonds. The molecule has 1 aromatic heterocycles. The second-order valence-corrected chi connectivity index (χ2v) is 3.76. The topological polar surface area (TPSA) is 50.9 Å². The summed E-state index contributed by atoms with van der Waals surface area (Å²) in [6.45, 7) is 0.750. The lowest BCUT2D eigenvalue weighted by Gasteiger charge is -2.09. The van der Waals surface area contributed by atoms with E-state index < -0.39 is 0 Å². The lowest BCUT2D eigenvalue weighted by atomic mass is 10.2. The van der Waals surface area contributed by atoms with Gasteiger partial charge in [0.25, 0.3) is 0 Å². The Bertz CT molecular complexity index is 485. The molecule has 0 saturated heterocycles. The van der Waals surface area contributed by atoms with Crippen molar-refractivity contribution in [1.29, 1.82) is 0 Å². The molecular formula is C13H14FN3. The van der Waals surface area contributed by atoms with Crippen LogP contribution in [0.4, 0.5) is 15.8 Å². The molecule has 3 nitrogen and oxygen atoms in total. The Morgan fingerprint density at radius 1 is 1.18 bits per heavy atom. The second kappa shape index (κ2) is 5.30. The van der Waals surface area contributed by atoms with Crippen molar-refractivity contribution in [2.24, 2.45) is 0 Å². The minimum Gasteiger partial charge on any atom is -0.397 e. The average Bonchev–Trinajstić information content (AvgIpc) is 2.33. The Hall–Kier alpha value is -2.10. The van der Waals surface area contributed by atoms with E-state index >= 15 is 0 Å². The summed E-state index contributed by atoms with van der Waals surface area (Å²) >= 11 is 0. The molecule has 4 heteroatoms. The van der Waals surface area contributed by atoms with Gasteiger partial charge in [-0.15, -0.1) is 0 Å². The van der Waals surface area contributed by atoms with E-state index in [1.165, 1.54) is 17.7 Å². The third-order valence-corrected chi connectivity index (χ3v) is 2.49. The summed E-state index contributed by atoms with van der Waals surface area (Å²) in [5.74, 6) is -0.317. The average molecular weight is 231 g/mol. The summed E-state index contributed by atoms with van der Waals surface area (Å²) in [5, 5.41) is 3.18. The predicted molar refractivity (Wildman–Crippen MR) is 67.2 cm³/mol. The van der Waals surface area contributed by atoms with Crippen molar-refractivity contribution in [3.8, 4) is 0 Å². The first kappa shape index (κ1) is 11.4. The number of hydrogen-bond donors (Lipinski definition) is 2. The maximum Gasteiger partial charge on any atom is 0.125 e. The third kappa shape index (κ3) is 3.17. The van der Waals surface area contributed by atoms with Gasteiger partial charge in [0.1, 0.15) is 5.82 Å². The van der Waals surface area contributed by atoms with Gasteiger partial charge in [-0.05, 0) is 42.3 Å². The lowest BCUT2D eigenvalue weighted by molar-refractivity contribution is 0.628.